The Bertz CT molecular complexity index is 1000. The average Bonchev–Trinajstić information content (AvgIpc) is 2.68. The van der Waals surface area contributed by atoms with E-state index in [-0.39, 0.29) is 16.8 Å². The van der Waals surface area contributed by atoms with Gasteiger partial charge in [-0.1, -0.05) is 50.2 Å². The van der Waals surface area contributed by atoms with Crippen molar-refractivity contribution in [3.8, 4) is 5.75 Å². The second-order valence-electron chi connectivity index (χ2n) is 6.56. The van der Waals surface area contributed by atoms with Crippen LogP contribution in [0.2, 0.25) is 0 Å². The van der Waals surface area contributed by atoms with E-state index in [1.54, 1.807) is 12.1 Å². The predicted molar refractivity (Wildman–Crippen MR) is 114 cm³/mol. The standard InChI is InChI=1S/C22H22N2O2S/c1-3-14(2)16-10-11-20(25)19(13-16)23-22(27)24-21(26)18-9-8-15-6-4-5-7-17(15)12-18/h4-14,25H,3H2,1-2H3,(H2,23,24,26,27)/t14-/m1/s1. The lowest BCUT2D eigenvalue weighted by Gasteiger charge is -2.15. The molecule has 0 spiro atoms. The van der Waals surface area contributed by atoms with Crippen LogP contribution in [0.25, 0.3) is 10.8 Å². The zero-order chi connectivity index (χ0) is 19.4. The number of anilines is 1. The van der Waals surface area contributed by atoms with Crippen LogP contribution in [0.4, 0.5) is 5.69 Å². The summed E-state index contributed by atoms with van der Waals surface area (Å²) in [4.78, 5) is 12.5. The van der Waals surface area contributed by atoms with Crippen LogP contribution in [0, 0.1) is 0 Å². The topological polar surface area (TPSA) is 61.4 Å². The van der Waals surface area contributed by atoms with Crippen LogP contribution in [0.3, 0.4) is 0 Å². The largest absolute Gasteiger partial charge is 0.506 e. The smallest absolute Gasteiger partial charge is 0.257 e. The highest BCUT2D eigenvalue weighted by Crippen LogP contribution is 2.29. The van der Waals surface area contributed by atoms with Crippen LogP contribution in [0.1, 0.15) is 42.1 Å². The Morgan fingerprint density at radius 1 is 1.07 bits per heavy atom. The van der Waals surface area contributed by atoms with Crippen LogP contribution < -0.4 is 10.6 Å². The number of thiocarbonyl (C=S) groups is 1. The first-order valence-electron chi connectivity index (χ1n) is 8.92. The zero-order valence-corrected chi connectivity index (χ0v) is 16.1. The molecule has 3 rings (SSSR count). The van der Waals surface area contributed by atoms with E-state index < -0.39 is 0 Å². The normalized spacial score (nSPS) is 11.8. The maximum absolute atomic E-state index is 12.5. The number of carbonyl (C=O) groups excluding carboxylic acids is 1. The van der Waals surface area contributed by atoms with Gasteiger partial charge in [-0.05, 0) is 65.2 Å². The lowest BCUT2D eigenvalue weighted by molar-refractivity contribution is 0.0978. The molecule has 3 aromatic carbocycles. The molecule has 1 amide bonds. The Morgan fingerprint density at radius 3 is 2.56 bits per heavy atom. The minimum absolute atomic E-state index is 0.0874. The van der Waals surface area contributed by atoms with E-state index in [0.717, 1.165) is 22.8 Å². The second-order valence-corrected chi connectivity index (χ2v) is 6.96. The van der Waals surface area contributed by atoms with Crippen LogP contribution in [0.15, 0.2) is 60.7 Å². The Morgan fingerprint density at radius 2 is 1.81 bits per heavy atom. The van der Waals surface area contributed by atoms with Crippen molar-refractivity contribution < 1.29 is 9.90 Å². The molecule has 27 heavy (non-hydrogen) atoms. The number of nitrogens with one attached hydrogen (secondary N) is 2. The van der Waals surface area contributed by atoms with Gasteiger partial charge in [-0.15, -0.1) is 0 Å². The van der Waals surface area contributed by atoms with Crippen molar-refractivity contribution in [1.29, 1.82) is 0 Å². The van der Waals surface area contributed by atoms with Crippen molar-refractivity contribution in [2.75, 3.05) is 5.32 Å². The van der Waals surface area contributed by atoms with Gasteiger partial charge in [0.05, 0.1) is 5.69 Å². The Balaban J connectivity index is 1.72. The van der Waals surface area contributed by atoms with Crippen molar-refractivity contribution >= 4 is 39.7 Å². The third kappa shape index (κ3) is 4.44. The van der Waals surface area contributed by atoms with Crippen molar-refractivity contribution in [3.63, 3.8) is 0 Å². The molecule has 0 heterocycles. The molecule has 0 fully saturated rings. The van der Waals surface area contributed by atoms with Crippen molar-refractivity contribution in [3.05, 3.63) is 71.8 Å². The summed E-state index contributed by atoms with van der Waals surface area (Å²) in [6.45, 7) is 4.23. The highest BCUT2D eigenvalue weighted by atomic mass is 32.1. The molecular formula is C22H22N2O2S. The third-order valence-electron chi connectivity index (χ3n) is 4.69. The number of carbonyl (C=O) groups is 1. The number of phenols is 1. The number of hydrogen-bond donors (Lipinski definition) is 3. The van der Waals surface area contributed by atoms with Gasteiger partial charge in [-0.3, -0.25) is 10.1 Å². The van der Waals surface area contributed by atoms with Crippen LogP contribution >= 0.6 is 12.2 Å². The van der Waals surface area contributed by atoms with Gasteiger partial charge in [-0.2, -0.15) is 0 Å². The quantitative estimate of drug-likeness (QED) is 0.432. The van der Waals surface area contributed by atoms with Gasteiger partial charge in [0, 0.05) is 5.56 Å². The maximum atomic E-state index is 12.5. The van der Waals surface area contributed by atoms with Crippen molar-refractivity contribution in [2.24, 2.45) is 0 Å². The van der Waals surface area contributed by atoms with Gasteiger partial charge in [0.15, 0.2) is 5.11 Å². The van der Waals surface area contributed by atoms with E-state index in [2.05, 4.69) is 24.5 Å². The van der Waals surface area contributed by atoms with E-state index in [1.165, 1.54) is 0 Å². The lowest BCUT2D eigenvalue weighted by Crippen LogP contribution is -2.34. The number of benzene rings is 3. The third-order valence-corrected chi connectivity index (χ3v) is 4.89. The Labute approximate surface area is 164 Å². The number of aromatic hydroxyl groups is 1. The fraction of sp³-hybridized carbons (Fsp3) is 0.182. The Hall–Kier alpha value is -2.92. The van der Waals surface area contributed by atoms with Gasteiger partial charge in [-0.25, -0.2) is 0 Å². The molecule has 0 aliphatic heterocycles. The van der Waals surface area contributed by atoms with Gasteiger partial charge in [0.1, 0.15) is 5.75 Å². The van der Waals surface area contributed by atoms with Crippen LogP contribution in [0.5, 0.6) is 5.75 Å². The molecule has 0 saturated carbocycles. The lowest BCUT2D eigenvalue weighted by atomic mass is 9.98. The van der Waals surface area contributed by atoms with Gasteiger partial charge in [0.25, 0.3) is 5.91 Å². The molecule has 138 valence electrons. The molecule has 4 nitrogen and oxygen atoms in total. The van der Waals surface area contributed by atoms with E-state index in [1.807, 2.05) is 48.5 Å². The molecular weight excluding hydrogens is 356 g/mol. The number of amides is 1. The highest BCUT2D eigenvalue weighted by molar-refractivity contribution is 7.80. The first-order valence-corrected chi connectivity index (χ1v) is 9.32. The van der Waals surface area contributed by atoms with Crippen LogP contribution in [-0.2, 0) is 0 Å². The predicted octanol–water partition coefficient (Wildman–Crippen LogP) is 5.19. The first-order chi connectivity index (χ1) is 13.0. The highest BCUT2D eigenvalue weighted by Gasteiger charge is 2.12. The molecule has 0 unspecified atom stereocenters. The maximum Gasteiger partial charge on any atom is 0.257 e. The fourth-order valence-corrected chi connectivity index (χ4v) is 3.06. The molecule has 1 atom stereocenters. The van der Waals surface area contributed by atoms with E-state index in [9.17, 15) is 9.90 Å². The molecule has 0 radical (unpaired) electrons. The first kappa shape index (κ1) is 18.9. The van der Waals surface area contributed by atoms with Gasteiger partial charge in [0.2, 0.25) is 0 Å². The van der Waals surface area contributed by atoms with Gasteiger partial charge < -0.3 is 10.4 Å². The summed E-state index contributed by atoms with van der Waals surface area (Å²) in [6.07, 6.45) is 0.993. The average molecular weight is 378 g/mol. The molecule has 3 aromatic rings. The number of fused-ring (bicyclic) bond motifs is 1. The second kappa shape index (κ2) is 8.18. The summed E-state index contributed by atoms with van der Waals surface area (Å²) in [5, 5.41) is 17.9. The number of rotatable bonds is 4. The van der Waals surface area contributed by atoms with Gasteiger partial charge >= 0.3 is 0 Å². The summed E-state index contributed by atoms with van der Waals surface area (Å²) < 4.78 is 0. The summed E-state index contributed by atoms with van der Waals surface area (Å²) in [7, 11) is 0. The monoisotopic (exact) mass is 378 g/mol. The van der Waals surface area contributed by atoms with Crippen molar-refractivity contribution in [2.45, 2.75) is 26.2 Å². The SMILES string of the molecule is CC[C@@H](C)c1ccc(O)c(NC(=S)NC(=O)c2ccc3ccccc3c2)c1. The summed E-state index contributed by atoms with van der Waals surface area (Å²) in [5.41, 5.74) is 2.11. The summed E-state index contributed by atoms with van der Waals surface area (Å²) in [5.74, 6) is 0.159. The Kier molecular flexibility index (Phi) is 5.72. The summed E-state index contributed by atoms with van der Waals surface area (Å²) in [6, 6.07) is 18.7. The zero-order valence-electron chi connectivity index (χ0n) is 15.3. The number of phenolic OH excluding ortho intramolecular Hbond substituents is 1. The number of hydrogen-bond acceptors (Lipinski definition) is 3. The fourth-order valence-electron chi connectivity index (χ4n) is 2.86. The van der Waals surface area contributed by atoms with E-state index >= 15 is 0 Å². The van der Waals surface area contributed by atoms with E-state index in [0.29, 0.717) is 17.2 Å². The van der Waals surface area contributed by atoms with Crippen LogP contribution in [-0.4, -0.2) is 16.1 Å². The molecule has 0 bridgehead atoms. The van der Waals surface area contributed by atoms with E-state index in [4.69, 9.17) is 12.2 Å². The minimum atomic E-state index is -0.296. The summed E-state index contributed by atoms with van der Waals surface area (Å²) >= 11 is 5.25. The molecule has 0 aromatic heterocycles. The molecule has 5 heteroatoms. The molecule has 0 saturated heterocycles. The minimum Gasteiger partial charge on any atom is -0.506 e. The molecule has 3 N–H and O–H groups in total. The van der Waals surface area contributed by atoms with Crippen molar-refractivity contribution in [1.82, 2.24) is 5.32 Å². The molecule has 0 aliphatic carbocycles. The molecule has 0 aliphatic rings.